The summed E-state index contributed by atoms with van der Waals surface area (Å²) in [5.74, 6) is 0.514. The molecule has 0 atom stereocenters. The number of rotatable bonds is 6. The molecule has 41 heavy (non-hydrogen) atoms. The van der Waals surface area contributed by atoms with Gasteiger partial charge in [-0.15, -0.1) is 0 Å². The Kier molecular flexibility index (Phi) is 16.0. The lowest BCUT2D eigenvalue weighted by Crippen LogP contribution is -2.31. The topological polar surface area (TPSA) is 101 Å². The summed E-state index contributed by atoms with van der Waals surface area (Å²) in [4.78, 5) is 8.77. The van der Waals surface area contributed by atoms with Crippen LogP contribution in [0.2, 0.25) is 12.6 Å². The van der Waals surface area contributed by atoms with Crippen molar-refractivity contribution >= 4 is 32.1 Å². The van der Waals surface area contributed by atoms with E-state index >= 15 is 0 Å². The number of aryl methyl sites for hydroxylation is 2. The number of alkyl halides is 1. The Bertz CT molecular complexity index is 1150. The van der Waals surface area contributed by atoms with Gasteiger partial charge in [0.1, 0.15) is 15.1 Å². The van der Waals surface area contributed by atoms with Gasteiger partial charge in [0.05, 0.1) is 11.9 Å². The van der Waals surface area contributed by atoms with E-state index in [1.54, 1.807) is 12.4 Å². The maximum Gasteiger partial charge on any atom is 0.150 e. The van der Waals surface area contributed by atoms with E-state index in [1.807, 2.05) is 44.2 Å². The number of hydrogen-bond acceptors (Lipinski definition) is 4. The number of pyridine rings is 1. The van der Waals surface area contributed by atoms with E-state index in [9.17, 15) is 4.39 Å². The molecule has 2 aliphatic rings. The highest BCUT2D eigenvalue weighted by molar-refractivity contribution is 6.61. The molecule has 2 fully saturated rings. The molecule has 1 aromatic carbocycles. The lowest BCUT2D eigenvalue weighted by Gasteiger charge is -2.40. The van der Waals surface area contributed by atoms with Crippen molar-refractivity contribution in [3.63, 3.8) is 0 Å². The lowest BCUT2D eigenvalue weighted by molar-refractivity contribution is 0.302. The van der Waals surface area contributed by atoms with Gasteiger partial charge in [-0.05, 0) is 98.6 Å². The predicted molar refractivity (Wildman–Crippen MR) is 178 cm³/mol. The van der Waals surface area contributed by atoms with Gasteiger partial charge in [-0.3, -0.25) is 10.4 Å². The first kappa shape index (κ1) is 35.9. The Hall–Kier alpha value is -3.15. The average molecular weight is 556 g/mol. The van der Waals surface area contributed by atoms with Gasteiger partial charge in [-0.2, -0.15) is 0 Å². The summed E-state index contributed by atoms with van der Waals surface area (Å²) >= 11 is 0. The van der Waals surface area contributed by atoms with Gasteiger partial charge >= 0.3 is 0 Å². The summed E-state index contributed by atoms with van der Waals surface area (Å²) in [5, 5.41) is 8.32. The molecule has 1 aliphatic heterocycles. The predicted octanol–water partition coefficient (Wildman–Crippen LogP) is 7.54. The molecule has 1 aliphatic carbocycles. The molecule has 1 aromatic heterocycles. The van der Waals surface area contributed by atoms with Gasteiger partial charge in [0, 0.05) is 23.5 Å². The number of aliphatic imine (C=N–C) groups is 1. The number of amidine groups is 1. The van der Waals surface area contributed by atoms with E-state index in [4.69, 9.17) is 19.0 Å². The van der Waals surface area contributed by atoms with E-state index in [0.717, 1.165) is 51.8 Å². The minimum atomic E-state index is -0.667. The highest BCUT2D eigenvalue weighted by atomic mass is 19.1. The van der Waals surface area contributed by atoms with E-state index in [2.05, 4.69) is 43.4 Å². The van der Waals surface area contributed by atoms with Crippen LogP contribution in [0.25, 0.3) is 5.57 Å². The summed E-state index contributed by atoms with van der Waals surface area (Å²) in [6.45, 7) is 14.8. The number of nitrogens with zero attached hydrogens (tertiary/aromatic N) is 2. The molecule has 2 aromatic rings. The Morgan fingerprint density at radius 2 is 1.78 bits per heavy atom. The zero-order valence-corrected chi connectivity index (χ0v) is 26.0. The summed E-state index contributed by atoms with van der Waals surface area (Å²) in [6.07, 6.45) is 12.8. The standard InChI is InChI=1S/C21H23BN4.C7H14B.C3H7F.C2H5N/c1-13-8-9-25-19(10-13)18(12-23)17-11-16(7-6-14(17)2)21(24)26-20(22)15-4-3-5-15;1-3-7(4-2)5-8-6-7;1-3(2)4;1-2-3/h6-12,15,24H,3-5,23H2,1-2H3;3-6H2,1-2H3;3H,1-2H3;2H,1,3H2/b18-12-,24-21?,26-20?;;;. The number of benzene rings is 1. The third-order valence-corrected chi connectivity index (χ3v) is 7.58. The van der Waals surface area contributed by atoms with Crippen molar-refractivity contribution in [2.24, 2.45) is 27.8 Å². The number of hydrogen-bond donors (Lipinski definition) is 3. The second kappa shape index (κ2) is 18.3. The van der Waals surface area contributed by atoms with Crippen molar-refractivity contribution in [2.45, 2.75) is 92.5 Å². The fourth-order valence-electron chi connectivity index (χ4n) is 4.42. The van der Waals surface area contributed by atoms with Crippen molar-refractivity contribution in [1.82, 2.24) is 4.98 Å². The monoisotopic (exact) mass is 556 g/mol. The van der Waals surface area contributed by atoms with Crippen molar-refractivity contribution in [3.05, 3.63) is 83.5 Å². The number of aromatic nitrogens is 1. The van der Waals surface area contributed by atoms with Gasteiger partial charge < -0.3 is 11.5 Å². The first-order valence-corrected chi connectivity index (χ1v) is 14.6. The van der Waals surface area contributed by atoms with Gasteiger partial charge in [-0.25, -0.2) is 9.38 Å². The van der Waals surface area contributed by atoms with Crippen LogP contribution in [0.15, 0.2) is 60.5 Å². The molecular formula is C33H49B2FN5. The first-order chi connectivity index (χ1) is 19.5. The molecule has 8 heteroatoms. The van der Waals surface area contributed by atoms with Crippen LogP contribution in [-0.2, 0) is 0 Å². The first-order valence-electron chi connectivity index (χ1n) is 14.6. The highest BCUT2D eigenvalue weighted by Crippen LogP contribution is 2.43. The van der Waals surface area contributed by atoms with E-state index in [0.29, 0.717) is 11.5 Å². The van der Waals surface area contributed by atoms with Crippen molar-refractivity contribution in [1.29, 1.82) is 5.41 Å². The SMILES string of the molecule is C=CN.CC(C)F.CCC1(CC)C[B]C1.[B]C(=NC(=N)c1ccc(C)c(/C(=C/N)c2cc(C)ccn2)c1)C1CCC1. The maximum absolute atomic E-state index is 11.0. The van der Waals surface area contributed by atoms with E-state index in [1.165, 1.54) is 52.0 Å². The molecular weight excluding hydrogens is 507 g/mol. The van der Waals surface area contributed by atoms with Crippen LogP contribution in [0.3, 0.4) is 0 Å². The average Bonchev–Trinajstić information content (AvgIpc) is 2.85. The van der Waals surface area contributed by atoms with Crippen molar-refractivity contribution in [2.75, 3.05) is 0 Å². The molecule has 2 heterocycles. The van der Waals surface area contributed by atoms with Crippen LogP contribution in [-0.4, -0.2) is 37.7 Å². The Balaban J connectivity index is 0.000000460. The molecule has 1 saturated carbocycles. The molecule has 4 rings (SSSR count). The fourth-order valence-corrected chi connectivity index (χ4v) is 4.42. The van der Waals surface area contributed by atoms with E-state index < -0.39 is 6.17 Å². The molecule has 0 amide bonds. The number of nitrogens with one attached hydrogen (secondary N) is 1. The second-order valence-corrected chi connectivity index (χ2v) is 11.0. The summed E-state index contributed by atoms with van der Waals surface area (Å²) < 4.78 is 11.0. The maximum atomic E-state index is 11.0. The van der Waals surface area contributed by atoms with Crippen LogP contribution in [0, 0.1) is 30.6 Å². The van der Waals surface area contributed by atoms with Gasteiger partial charge in [0.25, 0.3) is 0 Å². The third-order valence-electron chi connectivity index (χ3n) is 7.58. The molecule has 0 bridgehead atoms. The van der Waals surface area contributed by atoms with Crippen LogP contribution < -0.4 is 11.5 Å². The minimum Gasteiger partial charge on any atom is -0.405 e. The largest absolute Gasteiger partial charge is 0.405 e. The van der Waals surface area contributed by atoms with Gasteiger partial charge in [0.15, 0.2) is 5.84 Å². The molecule has 0 unspecified atom stereocenters. The molecule has 5 N–H and O–H groups in total. The summed E-state index contributed by atoms with van der Waals surface area (Å²) in [7, 11) is 8.44. The zero-order chi connectivity index (χ0) is 31.0. The molecule has 1 saturated heterocycles. The zero-order valence-electron chi connectivity index (χ0n) is 26.0. The molecule has 5 nitrogen and oxygen atoms in total. The van der Waals surface area contributed by atoms with Crippen molar-refractivity contribution in [3.8, 4) is 0 Å². The van der Waals surface area contributed by atoms with Crippen LogP contribution in [0.1, 0.15) is 87.7 Å². The summed E-state index contributed by atoms with van der Waals surface area (Å²) in [6, 6.07) is 9.78. The Morgan fingerprint density at radius 3 is 2.17 bits per heavy atom. The van der Waals surface area contributed by atoms with Crippen LogP contribution in [0.4, 0.5) is 4.39 Å². The Morgan fingerprint density at radius 1 is 1.20 bits per heavy atom. The highest BCUT2D eigenvalue weighted by Gasteiger charge is 2.33. The van der Waals surface area contributed by atoms with E-state index in [-0.39, 0.29) is 5.84 Å². The summed E-state index contributed by atoms with van der Waals surface area (Å²) in [5.41, 5.74) is 17.4. The quantitative estimate of drug-likeness (QED) is 0.195. The molecule has 0 spiro atoms. The van der Waals surface area contributed by atoms with Crippen molar-refractivity contribution < 1.29 is 4.39 Å². The van der Waals surface area contributed by atoms with Crippen LogP contribution >= 0.6 is 0 Å². The second-order valence-electron chi connectivity index (χ2n) is 11.0. The minimum absolute atomic E-state index is 0.184. The van der Waals surface area contributed by atoms with Crippen LogP contribution in [0.5, 0.6) is 0 Å². The van der Waals surface area contributed by atoms with Gasteiger partial charge in [-0.1, -0.05) is 64.5 Å². The fraction of sp³-hybridized carbons (Fsp3) is 0.485. The molecule has 219 valence electrons. The third kappa shape index (κ3) is 11.7. The number of halogens is 1. The number of nitrogens with two attached hydrogens (primary N) is 2. The normalized spacial score (nSPS) is 15.7. The smallest absolute Gasteiger partial charge is 0.150 e. The Labute approximate surface area is 250 Å². The lowest BCUT2D eigenvalue weighted by atomic mass is 9.41. The molecule has 3 radical (unpaired) electrons. The van der Waals surface area contributed by atoms with Gasteiger partial charge in [0.2, 0.25) is 0 Å².